The molecule has 140 valence electrons. The molecule has 4 nitrogen and oxygen atoms in total. The predicted octanol–water partition coefficient (Wildman–Crippen LogP) is 5.49. The summed E-state index contributed by atoms with van der Waals surface area (Å²) in [6.45, 7) is 3.03. The van der Waals surface area contributed by atoms with Crippen LogP contribution in [-0.4, -0.2) is 22.6 Å². The fourth-order valence-electron chi connectivity index (χ4n) is 2.82. The van der Waals surface area contributed by atoms with E-state index in [9.17, 15) is 9.59 Å². The largest absolute Gasteiger partial charge is 0.488 e. The summed E-state index contributed by atoms with van der Waals surface area (Å²) in [6.07, 6.45) is 4.67. The Kier molecular flexibility index (Phi) is 6.71. The first-order valence-corrected chi connectivity index (χ1v) is 10.0. The van der Waals surface area contributed by atoms with Crippen molar-refractivity contribution in [3.8, 4) is 5.75 Å². The van der Waals surface area contributed by atoms with Gasteiger partial charge in [0.2, 0.25) is 0 Å². The van der Waals surface area contributed by atoms with E-state index < -0.39 is 0 Å². The molecule has 2 aromatic rings. The molecule has 1 aliphatic heterocycles. The van der Waals surface area contributed by atoms with Crippen LogP contribution >= 0.6 is 11.8 Å². The maximum absolute atomic E-state index is 12.6. The third kappa shape index (κ3) is 5.01. The van der Waals surface area contributed by atoms with Crippen LogP contribution in [0, 0.1) is 0 Å². The van der Waals surface area contributed by atoms with Crippen molar-refractivity contribution in [3.05, 3.63) is 70.6 Å². The third-order valence-corrected chi connectivity index (χ3v) is 5.21. The Bertz CT molecular complexity index is 832. The van der Waals surface area contributed by atoms with E-state index in [-0.39, 0.29) is 11.1 Å². The number of carbonyl (C=O) groups excluding carboxylic acids is 2. The van der Waals surface area contributed by atoms with Gasteiger partial charge in [0.25, 0.3) is 11.1 Å². The van der Waals surface area contributed by atoms with Crippen LogP contribution in [0.3, 0.4) is 0 Å². The Morgan fingerprint density at radius 2 is 1.74 bits per heavy atom. The molecule has 0 aromatic heterocycles. The standard InChI is InChI=1S/C22H23NO3S/c1-2-3-9-14-23-21(24)20(27-22(23)25)15-18-12-7-8-13-19(18)26-16-17-10-5-4-6-11-17/h4-8,10-13,15H,2-3,9,14,16H2,1H3/b20-15-. The molecule has 0 saturated carbocycles. The van der Waals surface area contributed by atoms with Gasteiger partial charge in [-0.25, -0.2) is 0 Å². The normalized spacial score (nSPS) is 15.6. The topological polar surface area (TPSA) is 46.6 Å². The van der Waals surface area contributed by atoms with Crippen LogP contribution in [0.4, 0.5) is 4.79 Å². The highest BCUT2D eigenvalue weighted by atomic mass is 32.2. The first-order valence-electron chi connectivity index (χ1n) is 9.20. The molecule has 3 rings (SSSR count). The number of nitrogens with zero attached hydrogens (tertiary/aromatic N) is 1. The Labute approximate surface area is 164 Å². The summed E-state index contributed by atoms with van der Waals surface area (Å²) in [6, 6.07) is 17.5. The van der Waals surface area contributed by atoms with Gasteiger partial charge in [-0.05, 0) is 35.9 Å². The van der Waals surface area contributed by atoms with Crippen LogP contribution in [0.5, 0.6) is 5.75 Å². The molecular weight excluding hydrogens is 358 g/mol. The van der Waals surface area contributed by atoms with Crippen molar-refractivity contribution in [2.24, 2.45) is 0 Å². The van der Waals surface area contributed by atoms with Crippen molar-refractivity contribution in [2.75, 3.05) is 6.54 Å². The van der Waals surface area contributed by atoms with Crippen LogP contribution in [0.1, 0.15) is 37.3 Å². The summed E-state index contributed by atoms with van der Waals surface area (Å²) in [7, 11) is 0. The van der Waals surface area contributed by atoms with Gasteiger partial charge in [0.15, 0.2) is 0 Å². The van der Waals surface area contributed by atoms with Crippen molar-refractivity contribution in [2.45, 2.75) is 32.8 Å². The number of carbonyl (C=O) groups is 2. The van der Waals surface area contributed by atoms with Gasteiger partial charge in [-0.15, -0.1) is 0 Å². The van der Waals surface area contributed by atoms with Crippen molar-refractivity contribution in [1.82, 2.24) is 4.90 Å². The quantitative estimate of drug-likeness (QED) is 0.448. The van der Waals surface area contributed by atoms with E-state index in [1.165, 1.54) is 4.90 Å². The lowest BCUT2D eigenvalue weighted by atomic mass is 10.1. The fraction of sp³-hybridized carbons (Fsp3) is 0.273. The molecule has 5 heteroatoms. The van der Waals surface area contributed by atoms with Gasteiger partial charge in [-0.2, -0.15) is 0 Å². The number of ether oxygens (including phenoxy) is 1. The second kappa shape index (κ2) is 9.42. The van der Waals surface area contributed by atoms with E-state index >= 15 is 0 Å². The maximum Gasteiger partial charge on any atom is 0.293 e. The number of amides is 2. The number of imide groups is 1. The first kappa shape index (κ1) is 19.2. The minimum atomic E-state index is -0.209. The molecule has 2 amide bonds. The van der Waals surface area contributed by atoms with Crippen molar-refractivity contribution in [3.63, 3.8) is 0 Å². The van der Waals surface area contributed by atoms with Crippen molar-refractivity contribution in [1.29, 1.82) is 0 Å². The highest BCUT2D eigenvalue weighted by Crippen LogP contribution is 2.34. The molecule has 0 radical (unpaired) electrons. The SMILES string of the molecule is CCCCCN1C(=O)S/C(=C\c2ccccc2OCc2ccccc2)C1=O. The minimum Gasteiger partial charge on any atom is -0.488 e. The molecule has 0 N–H and O–H groups in total. The van der Waals surface area contributed by atoms with Gasteiger partial charge in [0.1, 0.15) is 12.4 Å². The number of benzene rings is 2. The number of rotatable bonds is 8. The smallest absolute Gasteiger partial charge is 0.293 e. The average Bonchev–Trinajstić information content (AvgIpc) is 2.95. The van der Waals surface area contributed by atoms with Gasteiger partial charge >= 0.3 is 0 Å². The minimum absolute atomic E-state index is 0.190. The van der Waals surface area contributed by atoms with Gasteiger partial charge in [0, 0.05) is 12.1 Å². The lowest BCUT2D eigenvalue weighted by Crippen LogP contribution is -2.29. The molecule has 2 aromatic carbocycles. The number of hydrogen-bond donors (Lipinski definition) is 0. The zero-order valence-corrected chi connectivity index (χ0v) is 16.2. The van der Waals surface area contributed by atoms with E-state index in [0.29, 0.717) is 23.8 Å². The first-order chi connectivity index (χ1) is 13.2. The lowest BCUT2D eigenvalue weighted by Gasteiger charge is -2.11. The Hall–Kier alpha value is -2.53. The summed E-state index contributed by atoms with van der Waals surface area (Å²) >= 11 is 1.00. The molecule has 0 bridgehead atoms. The van der Waals surface area contributed by atoms with Gasteiger partial charge in [0.05, 0.1) is 4.91 Å². The predicted molar refractivity (Wildman–Crippen MR) is 109 cm³/mol. The zero-order chi connectivity index (χ0) is 19.1. The Morgan fingerprint density at radius 3 is 2.52 bits per heavy atom. The van der Waals surface area contributed by atoms with Crippen LogP contribution in [0.2, 0.25) is 0 Å². The van der Waals surface area contributed by atoms with Crippen molar-refractivity contribution < 1.29 is 14.3 Å². The van der Waals surface area contributed by atoms with E-state index in [1.54, 1.807) is 6.08 Å². The highest BCUT2D eigenvalue weighted by Gasteiger charge is 2.34. The molecule has 27 heavy (non-hydrogen) atoms. The molecule has 1 saturated heterocycles. The number of para-hydroxylation sites is 1. The zero-order valence-electron chi connectivity index (χ0n) is 15.4. The maximum atomic E-state index is 12.6. The molecule has 0 spiro atoms. The molecule has 1 heterocycles. The second-order valence-corrected chi connectivity index (χ2v) is 7.35. The molecule has 0 aliphatic carbocycles. The monoisotopic (exact) mass is 381 g/mol. The Morgan fingerprint density at radius 1 is 1.00 bits per heavy atom. The van der Waals surface area contributed by atoms with E-state index in [1.807, 2.05) is 54.6 Å². The number of hydrogen-bond acceptors (Lipinski definition) is 4. The molecule has 1 fully saturated rings. The second-order valence-electron chi connectivity index (χ2n) is 6.35. The van der Waals surface area contributed by atoms with Crippen LogP contribution in [0.15, 0.2) is 59.5 Å². The highest BCUT2D eigenvalue weighted by molar-refractivity contribution is 8.18. The molecule has 0 unspecified atom stereocenters. The number of thioether (sulfide) groups is 1. The molecule has 0 atom stereocenters. The van der Waals surface area contributed by atoms with E-state index in [2.05, 4.69) is 6.92 Å². The van der Waals surface area contributed by atoms with E-state index in [4.69, 9.17) is 4.74 Å². The van der Waals surface area contributed by atoms with Crippen molar-refractivity contribution >= 4 is 29.0 Å². The van der Waals surface area contributed by atoms with Crippen LogP contribution in [-0.2, 0) is 11.4 Å². The third-order valence-electron chi connectivity index (χ3n) is 4.30. The average molecular weight is 381 g/mol. The van der Waals surface area contributed by atoms with Gasteiger partial charge in [-0.3, -0.25) is 14.5 Å². The number of unbranched alkanes of at least 4 members (excludes halogenated alkanes) is 2. The van der Waals surface area contributed by atoms with Gasteiger partial charge in [-0.1, -0.05) is 68.3 Å². The Balaban J connectivity index is 1.73. The van der Waals surface area contributed by atoms with Gasteiger partial charge < -0.3 is 4.74 Å². The molecular formula is C22H23NO3S. The van der Waals surface area contributed by atoms with Crippen LogP contribution < -0.4 is 4.74 Å². The molecule has 1 aliphatic rings. The summed E-state index contributed by atoms with van der Waals surface area (Å²) in [5, 5.41) is -0.190. The summed E-state index contributed by atoms with van der Waals surface area (Å²) in [4.78, 5) is 26.5. The summed E-state index contributed by atoms with van der Waals surface area (Å²) in [5.74, 6) is 0.484. The summed E-state index contributed by atoms with van der Waals surface area (Å²) < 4.78 is 5.94. The summed E-state index contributed by atoms with van der Waals surface area (Å²) in [5.41, 5.74) is 1.87. The van der Waals surface area contributed by atoms with E-state index in [0.717, 1.165) is 42.2 Å². The fourth-order valence-corrected chi connectivity index (χ4v) is 3.68. The van der Waals surface area contributed by atoms with Crippen LogP contribution in [0.25, 0.3) is 6.08 Å². The lowest BCUT2D eigenvalue weighted by molar-refractivity contribution is -0.122.